The van der Waals surface area contributed by atoms with Crippen LogP contribution in [-0.4, -0.2) is 17.9 Å². The van der Waals surface area contributed by atoms with Crippen molar-refractivity contribution in [3.05, 3.63) is 12.2 Å². The third kappa shape index (κ3) is 6.10. The van der Waals surface area contributed by atoms with Crippen LogP contribution < -0.4 is 0 Å². The third-order valence-electron chi connectivity index (χ3n) is 1.20. The quantitative estimate of drug-likeness (QED) is 0.404. The van der Waals surface area contributed by atoms with Crippen LogP contribution in [0.1, 0.15) is 19.8 Å². The highest BCUT2D eigenvalue weighted by Gasteiger charge is 1.97. The maximum absolute atomic E-state index is 10.6. The second-order valence-electron chi connectivity index (χ2n) is 2.21. The van der Waals surface area contributed by atoms with Crippen LogP contribution >= 0.6 is 15.9 Å². The summed E-state index contributed by atoms with van der Waals surface area (Å²) in [5, 5.41) is 0.774. The van der Waals surface area contributed by atoms with E-state index in [1.807, 2.05) is 0 Å². The summed E-state index contributed by atoms with van der Waals surface area (Å²) < 4.78 is 4.84. The van der Waals surface area contributed by atoms with Gasteiger partial charge in [0.15, 0.2) is 0 Å². The molecule has 0 aromatic carbocycles. The summed E-state index contributed by atoms with van der Waals surface area (Å²) in [5.41, 5.74) is 1.05. The van der Waals surface area contributed by atoms with Gasteiger partial charge in [-0.15, -0.1) is 0 Å². The van der Waals surface area contributed by atoms with Gasteiger partial charge in [-0.25, -0.2) is 0 Å². The van der Waals surface area contributed by atoms with Gasteiger partial charge in [-0.05, 0) is 0 Å². The summed E-state index contributed by atoms with van der Waals surface area (Å²) in [6, 6.07) is 0. The van der Waals surface area contributed by atoms with Crippen molar-refractivity contribution in [2.45, 2.75) is 19.8 Å². The minimum Gasteiger partial charge on any atom is -0.465 e. The second kappa shape index (κ2) is 6.40. The third-order valence-corrected chi connectivity index (χ3v) is 1.99. The zero-order chi connectivity index (χ0) is 8.69. The van der Waals surface area contributed by atoms with Crippen LogP contribution in [0.2, 0.25) is 0 Å². The van der Waals surface area contributed by atoms with Gasteiger partial charge in [-0.2, -0.15) is 0 Å². The number of ether oxygens (including phenoxy) is 1. The molecule has 0 spiro atoms. The van der Waals surface area contributed by atoms with E-state index >= 15 is 0 Å². The minimum atomic E-state index is -0.146. The van der Waals surface area contributed by atoms with Crippen molar-refractivity contribution in [1.82, 2.24) is 0 Å². The fourth-order valence-corrected chi connectivity index (χ4v) is 0.758. The summed E-state index contributed by atoms with van der Waals surface area (Å²) in [5.74, 6) is -0.146. The molecule has 11 heavy (non-hydrogen) atoms. The van der Waals surface area contributed by atoms with E-state index in [0.717, 1.165) is 17.3 Å². The lowest BCUT2D eigenvalue weighted by molar-refractivity contribution is -0.143. The first-order valence-electron chi connectivity index (χ1n) is 3.59. The molecule has 0 amide bonds. The number of hydrogen-bond donors (Lipinski definition) is 0. The van der Waals surface area contributed by atoms with Crippen molar-refractivity contribution in [2.24, 2.45) is 0 Å². The largest absolute Gasteiger partial charge is 0.465 e. The molecular formula is C8H13BrO2. The van der Waals surface area contributed by atoms with E-state index in [1.165, 1.54) is 0 Å². The summed E-state index contributed by atoms with van der Waals surface area (Å²) in [4.78, 5) is 10.6. The smallest absolute Gasteiger partial charge is 0.305 e. The van der Waals surface area contributed by atoms with Crippen LogP contribution in [0.25, 0.3) is 0 Å². The normalized spacial score (nSPS) is 9.27. The second-order valence-corrected chi connectivity index (χ2v) is 2.77. The van der Waals surface area contributed by atoms with Crippen LogP contribution in [-0.2, 0) is 9.53 Å². The number of esters is 1. The molecule has 0 atom stereocenters. The molecular weight excluding hydrogens is 208 g/mol. The zero-order valence-electron chi connectivity index (χ0n) is 6.73. The van der Waals surface area contributed by atoms with Gasteiger partial charge in [0, 0.05) is 18.2 Å². The van der Waals surface area contributed by atoms with Crippen molar-refractivity contribution in [3.8, 4) is 0 Å². The Morgan fingerprint density at radius 3 is 2.73 bits per heavy atom. The van der Waals surface area contributed by atoms with Gasteiger partial charge in [-0.3, -0.25) is 4.79 Å². The molecule has 0 bridgehead atoms. The average Bonchev–Trinajstić information content (AvgIpc) is 2.04. The molecule has 0 heterocycles. The van der Waals surface area contributed by atoms with Crippen molar-refractivity contribution in [2.75, 3.05) is 11.9 Å². The van der Waals surface area contributed by atoms with Crippen LogP contribution in [0.5, 0.6) is 0 Å². The first kappa shape index (κ1) is 10.7. The molecule has 0 unspecified atom stereocenters. The van der Waals surface area contributed by atoms with Gasteiger partial charge in [-0.1, -0.05) is 35.0 Å². The van der Waals surface area contributed by atoms with Gasteiger partial charge in [0.1, 0.15) is 0 Å². The molecule has 0 aromatic heterocycles. The Kier molecular flexibility index (Phi) is 6.22. The molecule has 2 nitrogen and oxygen atoms in total. The molecule has 0 aliphatic carbocycles. The predicted molar refractivity (Wildman–Crippen MR) is 48.8 cm³/mol. The SMILES string of the molecule is C=C(CBr)CCOC(=O)CC. The lowest BCUT2D eigenvalue weighted by atomic mass is 10.3. The molecule has 0 saturated carbocycles. The Balaban J connectivity index is 3.27. The Hall–Kier alpha value is -0.310. The fraction of sp³-hybridized carbons (Fsp3) is 0.625. The fourth-order valence-electron chi connectivity index (χ4n) is 0.478. The molecule has 0 aliphatic rings. The van der Waals surface area contributed by atoms with Gasteiger partial charge in [0.2, 0.25) is 0 Å². The molecule has 0 aliphatic heterocycles. The molecule has 0 fully saturated rings. The van der Waals surface area contributed by atoms with E-state index < -0.39 is 0 Å². The molecule has 0 aromatic rings. The molecule has 3 heteroatoms. The Bertz CT molecular complexity index is 127. The lowest BCUT2D eigenvalue weighted by Gasteiger charge is -2.02. The zero-order valence-corrected chi connectivity index (χ0v) is 8.32. The maximum Gasteiger partial charge on any atom is 0.305 e. The summed E-state index contributed by atoms with van der Waals surface area (Å²) >= 11 is 3.26. The first-order valence-corrected chi connectivity index (χ1v) is 4.71. The highest BCUT2D eigenvalue weighted by atomic mass is 79.9. The molecule has 0 saturated heterocycles. The molecule has 0 rings (SSSR count). The number of carbonyl (C=O) groups excluding carboxylic acids is 1. The Morgan fingerprint density at radius 2 is 2.27 bits per heavy atom. The van der Waals surface area contributed by atoms with E-state index in [2.05, 4.69) is 22.5 Å². The first-order chi connectivity index (χ1) is 5.20. The lowest BCUT2D eigenvalue weighted by Crippen LogP contribution is -2.04. The molecule has 0 N–H and O–H groups in total. The minimum absolute atomic E-state index is 0.146. The topological polar surface area (TPSA) is 26.3 Å². The van der Waals surface area contributed by atoms with Crippen LogP contribution in [0.15, 0.2) is 12.2 Å². The number of hydrogen-bond acceptors (Lipinski definition) is 2. The monoisotopic (exact) mass is 220 g/mol. The van der Waals surface area contributed by atoms with Crippen LogP contribution in [0, 0.1) is 0 Å². The van der Waals surface area contributed by atoms with Crippen molar-refractivity contribution in [1.29, 1.82) is 0 Å². The Morgan fingerprint density at radius 1 is 1.64 bits per heavy atom. The predicted octanol–water partition coefficient (Wildman–Crippen LogP) is 2.28. The summed E-state index contributed by atoms with van der Waals surface area (Å²) in [6.07, 6.45) is 1.19. The number of halogens is 1. The number of alkyl halides is 1. The molecule has 64 valence electrons. The van der Waals surface area contributed by atoms with Crippen molar-refractivity contribution >= 4 is 21.9 Å². The van der Waals surface area contributed by atoms with E-state index in [0.29, 0.717) is 13.0 Å². The van der Waals surface area contributed by atoms with Gasteiger partial charge >= 0.3 is 5.97 Å². The van der Waals surface area contributed by atoms with E-state index in [9.17, 15) is 4.79 Å². The molecule has 0 radical (unpaired) electrons. The highest BCUT2D eigenvalue weighted by molar-refractivity contribution is 9.09. The van der Waals surface area contributed by atoms with Gasteiger partial charge in [0.25, 0.3) is 0 Å². The summed E-state index contributed by atoms with van der Waals surface area (Å²) in [7, 11) is 0. The standard InChI is InChI=1S/C8H13BrO2/c1-3-8(10)11-5-4-7(2)6-9/h2-6H2,1H3. The average molecular weight is 221 g/mol. The number of rotatable bonds is 5. The number of carbonyl (C=O) groups is 1. The van der Waals surface area contributed by atoms with Crippen LogP contribution in [0.3, 0.4) is 0 Å². The highest BCUT2D eigenvalue weighted by Crippen LogP contribution is 2.02. The van der Waals surface area contributed by atoms with Crippen LogP contribution in [0.4, 0.5) is 0 Å². The van der Waals surface area contributed by atoms with E-state index in [-0.39, 0.29) is 5.97 Å². The van der Waals surface area contributed by atoms with Gasteiger partial charge < -0.3 is 4.74 Å². The van der Waals surface area contributed by atoms with Crippen molar-refractivity contribution < 1.29 is 9.53 Å². The summed E-state index contributed by atoms with van der Waals surface area (Å²) in [6.45, 7) is 5.99. The van der Waals surface area contributed by atoms with E-state index in [4.69, 9.17) is 4.74 Å². The van der Waals surface area contributed by atoms with E-state index in [1.54, 1.807) is 6.92 Å². The maximum atomic E-state index is 10.6. The van der Waals surface area contributed by atoms with Crippen molar-refractivity contribution in [3.63, 3.8) is 0 Å². The van der Waals surface area contributed by atoms with Gasteiger partial charge in [0.05, 0.1) is 6.61 Å². The Labute approximate surface area is 75.7 Å².